The van der Waals surface area contributed by atoms with Gasteiger partial charge in [-0.05, 0) is 96.2 Å². The summed E-state index contributed by atoms with van der Waals surface area (Å²) >= 11 is 1.48. The van der Waals surface area contributed by atoms with Gasteiger partial charge in [0.15, 0.2) is 12.5 Å². The van der Waals surface area contributed by atoms with Crippen molar-refractivity contribution in [2.75, 3.05) is 5.75 Å². The molecule has 1 aromatic heterocycles. The zero-order valence-corrected chi connectivity index (χ0v) is 29.0. The normalized spacial score (nSPS) is 28.3. The van der Waals surface area contributed by atoms with Crippen LogP contribution in [0.25, 0.3) is 11.1 Å². The van der Waals surface area contributed by atoms with Gasteiger partial charge in [0.05, 0.1) is 18.8 Å². The largest absolute Gasteiger partial charge is 0.618 e. The molecule has 3 atom stereocenters. The number of urea groups is 1. The lowest BCUT2D eigenvalue weighted by atomic mass is 9.53. The van der Waals surface area contributed by atoms with E-state index in [-0.39, 0.29) is 30.4 Å². The smallest absolute Gasteiger partial charge is 0.315 e. The van der Waals surface area contributed by atoms with Crippen molar-refractivity contribution in [1.82, 2.24) is 10.6 Å². The Kier molecular flexibility index (Phi) is 9.57. The van der Waals surface area contributed by atoms with Gasteiger partial charge in [-0.3, -0.25) is 0 Å². The van der Waals surface area contributed by atoms with Gasteiger partial charge >= 0.3 is 6.03 Å². The number of amides is 2. The van der Waals surface area contributed by atoms with Crippen molar-refractivity contribution in [3.05, 3.63) is 125 Å². The van der Waals surface area contributed by atoms with Crippen LogP contribution in [-0.2, 0) is 22.6 Å². The van der Waals surface area contributed by atoms with Crippen LogP contribution in [0.3, 0.4) is 0 Å². The summed E-state index contributed by atoms with van der Waals surface area (Å²) in [7, 11) is 0. The van der Waals surface area contributed by atoms with E-state index in [0.717, 1.165) is 75.1 Å². The minimum absolute atomic E-state index is 0.000987. The molecule has 2 amide bonds. The lowest BCUT2D eigenvalue weighted by Gasteiger charge is -2.56. The molecule has 5 fully saturated rings. The Balaban J connectivity index is 0.924. The van der Waals surface area contributed by atoms with Crippen molar-refractivity contribution in [2.24, 2.45) is 17.8 Å². The molecule has 4 aromatic rings. The van der Waals surface area contributed by atoms with Crippen LogP contribution in [0.4, 0.5) is 4.79 Å². The number of hydrogen-bond acceptors (Lipinski definition) is 6. The Labute approximate surface area is 298 Å². The quantitative estimate of drug-likeness (QED) is 0.0900. The maximum atomic E-state index is 13.1. The van der Waals surface area contributed by atoms with Crippen LogP contribution in [-0.4, -0.2) is 28.5 Å². The first-order chi connectivity index (χ1) is 24.4. The van der Waals surface area contributed by atoms with E-state index >= 15 is 0 Å². The van der Waals surface area contributed by atoms with Gasteiger partial charge in [-0.25, -0.2) is 4.79 Å². The third-order valence-electron chi connectivity index (χ3n) is 11.1. The highest BCUT2D eigenvalue weighted by Gasteiger charge is 2.51. The van der Waals surface area contributed by atoms with Crippen LogP contribution < -0.4 is 15.4 Å². The van der Waals surface area contributed by atoms with E-state index in [1.54, 1.807) is 6.07 Å². The summed E-state index contributed by atoms with van der Waals surface area (Å²) < 4.78 is 13.9. The Morgan fingerprint density at radius 3 is 2.24 bits per heavy atom. The maximum Gasteiger partial charge on any atom is 0.315 e. The van der Waals surface area contributed by atoms with Gasteiger partial charge in [-0.2, -0.15) is 4.73 Å². The molecular formula is C41H45N3O5S. The molecule has 0 radical (unpaired) electrons. The molecule has 9 rings (SSSR count). The van der Waals surface area contributed by atoms with Crippen LogP contribution in [0.15, 0.2) is 102 Å². The number of aliphatic hydroxyl groups is 1. The lowest BCUT2D eigenvalue weighted by Crippen LogP contribution is -2.61. The van der Waals surface area contributed by atoms with Crippen LogP contribution >= 0.6 is 11.8 Å². The van der Waals surface area contributed by atoms with Crippen molar-refractivity contribution in [3.63, 3.8) is 0 Å². The summed E-state index contributed by atoms with van der Waals surface area (Å²) in [5.74, 6) is 2.98. The minimum atomic E-state index is -0.580. The molecule has 0 unspecified atom stereocenters. The Morgan fingerprint density at radius 2 is 1.54 bits per heavy atom. The van der Waals surface area contributed by atoms with Gasteiger partial charge in [0.1, 0.15) is 0 Å². The molecule has 1 saturated heterocycles. The molecule has 3 N–H and O–H groups in total. The number of hydrogen-bond donors (Lipinski definition) is 3. The van der Waals surface area contributed by atoms with Crippen molar-refractivity contribution in [2.45, 2.75) is 87.2 Å². The zero-order chi connectivity index (χ0) is 34.1. The number of aliphatic hydroxyl groups excluding tert-OH is 1. The molecule has 260 valence electrons. The fraction of sp³-hybridized carbons (Fsp3) is 0.415. The number of ether oxygens (including phenoxy) is 2. The second-order valence-corrected chi connectivity index (χ2v) is 15.9. The summed E-state index contributed by atoms with van der Waals surface area (Å²) in [6.07, 6.45) is 8.72. The Morgan fingerprint density at radius 1 is 0.820 bits per heavy atom. The number of thioether (sulfide) groups is 1. The first-order valence-corrected chi connectivity index (χ1v) is 19.0. The SMILES string of the molecule is O=C(NCc1cccc(-c2ccc([C@@H]3O[C@H](CSc4cccc[n+]4[O-])C[C@H](c4ccc(CO)cc4)O3)cc2)c1)NC12CC3CC(CC(C3)C1)C2. The van der Waals surface area contributed by atoms with E-state index in [1.165, 1.54) is 37.2 Å². The summed E-state index contributed by atoms with van der Waals surface area (Å²) in [6.45, 7) is 0.467. The van der Waals surface area contributed by atoms with Crippen molar-refractivity contribution in [3.8, 4) is 11.1 Å². The van der Waals surface area contributed by atoms with Crippen molar-refractivity contribution < 1.29 is 24.1 Å². The van der Waals surface area contributed by atoms with Gasteiger partial charge in [0.25, 0.3) is 5.03 Å². The molecule has 50 heavy (non-hydrogen) atoms. The topological polar surface area (TPSA) is 107 Å². The van der Waals surface area contributed by atoms with Crippen LogP contribution in [0, 0.1) is 23.0 Å². The first kappa shape index (κ1) is 33.3. The van der Waals surface area contributed by atoms with E-state index in [1.807, 2.05) is 54.6 Å². The van der Waals surface area contributed by atoms with Gasteiger partial charge in [0, 0.05) is 42.0 Å². The number of carbonyl (C=O) groups is 1. The molecule has 5 aliphatic rings. The molecule has 4 aliphatic carbocycles. The second kappa shape index (κ2) is 14.4. The van der Waals surface area contributed by atoms with E-state index in [9.17, 15) is 15.1 Å². The molecular weight excluding hydrogens is 647 g/mol. The predicted molar refractivity (Wildman–Crippen MR) is 193 cm³/mol. The summed E-state index contributed by atoms with van der Waals surface area (Å²) in [5, 5.41) is 29.0. The fourth-order valence-electron chi connectivity index (χ4n) is 9.15. The molecule has 0 spiro atoms. The molecule has 9 heteroatoms. The third kappa shape index (κ3) is 7.42. The highest BCUT2D eigenvalue weighted by Crippen LogP contribution is 2.55. The number of nitrogens with zero attached hydrogens (tertiary/aromatic N) is 1. The number of aromatic nitrogens is 1. The van der Waals surface area contributed by atoms with E-state index in [2.05, 4.69) is 41.0 Å². The standard InChI is InChI=1S/C41H45N3O5S/c45-25-27-7-9-33(10-8-27)37-20-36(26-50-38-6-1-2-15-44(38)47)48-39(49-37)34-13-11-32(12-14-34)35-5-3-4-28(19-35)24-42-40(46)43-41-21-29-16-30(22-41)18-31(17-29)23-41/h1-15,19,29-31,36-37,39,45H,16-18,20-26H2,(H2,42,43,46)/t29?,30?,31?,36-,37+,39+,41?/m0/s1. The van der Waals surface area contributed by atoms with E-state index < -0.39 is 6.29 Å². The Bertz CT molecular complexity index is 1760. The molecule has 8 nitrogen and oxygen atoms in total. The number of nitrogens with one attached hydrogen (secondary N) is 2. The first-order valence-electron chi connectivity index (χ1n) is 18.0. The number of pyridine rings is 1. The van der Waals surface area contributed by atoms with E-state index in [4.69, 9.17) is 9.47 Å². The molecule has 1 aliphatic heterocycles. The van der Waals surface area contributed by atoms with Gasteiger partial charge in [0.2, 0.25) is 0 Å². The minimum Gasteiger partial charge on any atom is -0.618 e. The van der Waals surface area contributed by atoms with Gasteiger partial charge < -0.3 is 30.4 Å². The molecule has 3 aromatic carbocycles. The van der Waals surface area contributed by atoms with Crippen LogP contribution in [0.5, 0.6) is 0 Å². The summed E-state index contributed by atoms with van der Waals surface area (Å²) in [5.41, 5.74) is 5.99. The molecule has 4 saturated carbocycles. The van der Waals surface area contributed by atoms with Crippen molar-refractivity contribution >= 4 is 17.8 Å². The zero-order valence-electron chi connectivity index (χ0n) is 28.2. The number of rotatable bonds is 10. The molecule has 4 bridgehead atoms. The van der Waals surface area contributed by atoms with Crippen LogP contribution in [0.2, 0.25) is 0 Å². The van der Waals surface area contributed by atoms with Crippen molar-refractivity contribution in [1.29, 1.82) is 0 Å². The number of benzene rings is 3. The van der Waals surface area contributed by atoms with Gasteiger partial charge in [-0.1, -0.05) is 78.5 Å². The highest BCUT2D eigenvalue weighted by molar-refractivity contribution is 7.99. The lowest BCUT2D eigenvalue weighted by molar-refractivity contribution is -0.645. The summed E-state index contributed by atoms with van der Waals surface area (Å²) in [6, 6.07) is 29.8. The van der Waals surface area contributed by atoms with Gasteiger partial charge in [-0.15, -0.1) is 0 Å². The second-order valence-electron chi connectivity index (χ2n) is 14.9. The Hall–Kier alpha value is -3.89. The van der Waals surface area contributed by atoms with E-state index in [0.29, 0.717) is 23.7 Å². The average Bonchev–Trinajstić information content (AvgIpc) is 3.13. The fourth-order valence-corrected chi connectivity index (χ4v) is 10.1. The molecule has 2 heterocycles. The maximum absolute atomic E-state index is 13.1. The summed E-state index contributed by atoms with van der Waals surface area (Å²) in [4.78, 5) is 13.1. The third-order valence-corrected chi connectivity index (χ3v) is 12.3. The highest BCUT2D eigenvalue weighted by atomic mass is 32.2. The predicted octanol–water partition coefficient (Wildman–Crippen LogP) is 7.59. The van der Waals surface area contributed by atoms with Crippen LogP contribution in [0.1, 0.15) is 79.6 Å². The number of carbonyl (C=O) groups excluding carboxylic acids is 1. The average molecular weight is 692 g/mol. The monoisotopic (exact) mass is 691 g/mol.